The Bertz CT molecular complexity index is 594. The predicted molar refractivity (Wildman–Crippen MR) is 89.4 cm³/mol. The molecule has 20 heavy (non-hydrogen) atoms. The minimum absolute atomic E-state index is 0.0316. The molecule has 5 heteroatoms. The lowest BCUT2D eigenvalue weighted by Gasteiger charge is -2.18. The molecule has 0 aliphatic rings. The minimum Gasteiger partial charge on any atom is -0.339 e. The van der Waals surface area contributed by atoms with Crippen molar-refractivity contribution in [3.63, 3.8) is 0 Å². The molecule has 1 N–H and O–H groups in total. The van der Waals surface area contributed by atoms with Crippen LogP contribution < -0.4 is 5.32 Å². The number of nitrogens with zero attached hydrogens (tertiary/aromatic N) is 2. The van der Waals surface area contributed by atoms with Gasteiger partial charge < -0.3 is 14.8 Å². The SMILES string of the molecule is CNCCN(C)C(=O)c1cccn1-c1cccc(I)c1. The molecule has 0 fully saturated rings. The third kappa shape index (κ3) is 3.40. The lowest BCUT2D eigenvalue weighted by molar-refractivity contribution is 0.0789. The van der Waals surface area contributed by atoms with E-state index in [1.165, 1.54) is 0 Å². The van der Waals surface area contributed by atoms with E-state index in [9.17, 15) is 4.79 Å². The van der Waals surface area contributed by atoms with Crippen LogP contribution in [0.5, 0.6) is 0 Å². The van der Waals surface area contributed by atoms with E-state index in [1.807, 2.05) is 55.2 Å². The van der Waals surface area contributed by atoms with Gasteiger partial charge in [0.15, 0.2) is 0 Å². The second-order valence-electron chi connectivity index (χ2n) is 4.57. The summed E-state index contributed by atoms with van der Waals surface area (Å²) in [5, 5.41) is 3.05. The maximum Gasteiger partial charge on any atom is 0.270 e. The number of amides is 1. The van der Waals surface area contributed by atoms with E-state index in [1.54, 1.807) is 4.90 Å². The second kappa shape index (κ2) is 6.90. The average Bonchev–Trinajstić information content (AvgIpc) is 2.93. The molecule has 0 saturated carbocycles. The summed E-state index contributed by atoms with van der Waals surface area (Å²) in [7, 11) is 3.71. The van der Waals surface area contributed by atoms with Crippen molar-refractivity contribution >= 4 is 28.5 Å². The maximum atomic E-state index is 12.5. The van der Waals surface area contributed by atoms with Crippen molar-refractivity contribution in [1.82, 2.24) is 14.8 Å². The standard InChI is InChI=1S/C15H18IN3O/c1-17-8-10-18(2)15(20)14-7-4-9-19(14)13-6-3-5-12(16)11-13/h3-7,9,11,17H,8,10H2,1-2H3. The molecule has 0 bridgehead atoms. The number of hydrogen-bond donors (Lipinski definition) is 1. The van der Waals surface area contributed by atoms with E-state index in [0.29, 0.717) is 12.2 Å². The van der Waals surface area contributed by atoms with Gasteiger partial charge in [-0.2, -0.15) is 0 Å². The molecule has 1 aromatic carbocycles. The fraction of sp³-hybridized carbons (Fsp3) is 0.267. The first-order chi connectivity index (χ1) is 9.63. The number of carbonyl (C=O) groups excluding carboxylic acids is 1. The first kappa shape index (κ1) is 15.1. The molecule has 0 saturated heterocycles. The zero-order chi connectivity index (χ0) is 14.5. The van der Waals surface area contributed by atoms with Crippen molar-refractivity contribution in [2.24, 2.45) is 0 Å². The normalized spacial score (nSPS) is 10.6. The van der Waals surface area contributed by atoms with Crippen LogP contribution >= 0.6 is 22.6 Å². The van der Waals surface area contributed by atoms with Crippen LogP contribution in [0, 0.1) is 3.57 Å². The zero-order valence-electron chi connectivity index (χ0n) is 11.6. The van der Waals surface area contributed by atoms with Gasteiger partial charge in [-0.1, -0.05) is 6.07 Å². The van der Waals surface area contributed by atoms with Crippen molar-refractivity contribution in [1.29, 1.82) is 0 Å². The molecule has 1 aromatic heterocycles. The van der Waals surface area contributed by atoms with E-state index in [-0.39, 0.29) is 5.91 Å². The van der Waals surface area contributed by atoms with Crippen LogP contribution in [0.25, 0.3) is 5.69 Å². The average molecular weight is 383 g/mol. The summed E-state index contributed by atoms with van der Waals surface area (Å²) in [5.41, 5.74) is 1.69. The Morgan fingerprint density at radius 2 is 2.15 bits per heavy atom. The van der Waals surface area contributed by atoms with Crippen LogP contribution in [0.1, 0.15) is 10.5 Å². The summed E-state index contributed by atoms with van der Waals surface area (Å²) in [6, 6.07) is 11.9. The van der Waals surface area contributed by atoms with Crippen LogP contribution in [0.15, 0.2) is 42.6 Å². The fourth-order valence-electron chi connectivity index (χ4n) is 1.98. The first-order valence-electron chi connectivity index (χ1n) is 6.47. The summed E-state index contributed by atoms with van der Waals surface area (Å²) in [4.78, 5) is 14.2. The molecule has 2 aromatic rings. The molecule has 106 valence electrons. The second-order valence-corrected chi connectivity index (χ2v) is 5.82. The number of carbonyl (C=O) groups is 1. The lowest BCUT2D eigenvalue weighted by atomic mass is 10.3. The number of aromatic nitrogens is 1. The van der Waals surface area contributed by atoms with Crippen LogP contribution in [-0.4, -0.2) is 42.6 Å². The van der Waals surface area contributed by atoms with Crippen molar-refractivity contribution in [2.45, 2.75) is 0 Å². The molecule has 1 amide bonds. The third-order valence-corrected chi connectivity index (χ3v) is 3.77. The Morgan fingerprint density at radius 1 is 1.35 bits per heavy atom. The number of likely N-dealkylation sites (N-methyl/N-ethyl adjacent to an activating group) is 2. The molecule has 2 rings (SSSR count). The summed E-state index contributed by atoms with van der Waals surface area (Å²) >= 11 is 2.27. The van der Waals surface area contributed by atoms with E-state index < -0.39 is 0 Å². The van der Waals surface area contributed by atoms with Gasteiger partial charge in [-0.05, 0) is 60.0 Å². The largest absolute Gasteiger partial charge is 0.339 e. The van der Waals surface area contributed by atoms with Gasteiger partial charge in [0, 0.05) is 35.6 Å². The molecular formula is C15H18IN3O. The maximum absolute atomic E-state index is 12.5. The molecule has 0 radical (unpaired) electrons. The summed E-state index contributed by atoms with van der Waals surface area (Å²) in [5.74, 6) is 0.0316. The van der Waals surface area contributed by atoms with Crippen molar-refractivity contribution < 1.29 is 4.79 Å². The number of benzene rings is 1. The Morgan fingerprint density at radius 3 is 2.85 bits per heavy atom. The van der Waals surface area contributed by atoms with Gasteiger partial charge >= 0.3 is 0 Å². The Kier molecular flexibility index (Phi) is 5.19. The highest BCUT2D eigenvalue weighted by molar-refractivity contribution is 14.1. The number of halogens is 1. The van der Waals surface area contributed by atoms with Crippen LogP contribution in [0.3, 0.4) is 0 Å². The molecular weight excluding hydrogens is 365 g/mol. The minimum atomic E-state index is 0.0316. The van der Waals surface area contributed by atoms with E-state index in [0.717, 1.165) is 15.8 Å². The Hall–Kier alpha value is -1.34. The molecule has 0 atom stereocenters. The summed E-state index contributed by atoms with van der Waals surface area (Å²) in [6.45, 7) is 1.47. The van der Waals surface area contributed by atoms with E-state index >= 15 is 0 Å². The Balaban J connectivity index is 2.26. The monoisotopic (exact) mass is 383 g/mol. The number of hydrogen-bond acceptors (Lipinski definition) is 2. The topological polar surface area (TPSA) is 37.3 Å². The van der Waals surface area contributed by atoms with Gasteiger partial charge in [-0.15, -0.1) is 0 Å². The van der Waals surface area contributed by atoms with Crippen molar-refractivity contribution in [2.75, 3.05) is 27.2 Å². The van der Waals surface area contributed by atoms with Gasteiger partial charge in [-0.3, -0.25) is 4.79 Å². The lowest BCUT2D eigenvalue weighted by Crippen LogP contribution is -2.33. The third-order valence-electron chi connectivity index (χ3n) is 3.10. The summed E-state index contributed by atoms with van der Waals surface area (Å²) in [6.07, 6.45) is 1.92. The van der Waals surface area contributed by atoms with Gasteiger partial charge in [0.1, 0.15) is 5.69 Å². The molecule has 0 aliphatic heterocycles. The highest BCUT2D eigenvalue weighted by atomic mass is 127. The molecule has 0 unspecified atom stereocenters. The van der Waals surface area contributed by atoms with Crippen LogP contribution in [-0.2, 0) is 0 Å². The quantitative estimate of drug-likeness (QED) is 0.806. The van der Waals surface area contributed by atoms with E-state index in [2.05, 4.69) is 34.0 Å². The molecule has 1 heterocycles. The van der Waals surface area contributed by atoms with Gasteiger partial charge in [0.25, 0.3) is 5.91 Å². The molecule has 0 aliphatic carbocycles. The van der Waals surface area contributed by atoms with E-state index in [4.69, 9.17) is 0 Å². The predicted octanol–water partition coefficient (Wildman–Crippen LogP) is 2.37. The molecule has 0 spiro atoms. The van der Waals surface area contributed by atoms with Gasteiger partial charge in [0.2, 0.25) is 0 Å². The number of rotatable bonds is 5. The fourth-order valence-corrected chi connectivity index (χ4v) is 2.51. The highest BCUT2D eigenvalue weighted by Crippen LogP contribution is 2.16. The van der Waals surface area contributed by atoms with Gasteiger partial charge in [0.05, 0.1) is 0 Å². The van der Waals surface area contributed by atoms with Crippen molar-refractivity contribution in [3.8, 4) is 5.69 Å². The van der Waals surface area contributed by atoms with Crippen LogP contribution in [0.4, 0.5) is 0 Å². The molecule has 4 nitrogen and oxygen atoms in total. The number of nitrogens with one attached hydrogen (secondary N) is 1. The summed E-state index contributed by atoms with van der Waals surface area (Å²) < 4.78 is 3.08. The first-order valence-corrected chi connectivity index (χ1v) is 7.54. The van der Waals surface area contributed by atoms with Gasteiger partial charge in [-0.25, -0.2) is 0 Å². The smallest absolute Gasteiger partial charge is 0.270 e. The van der Waals surface area contributed by atoms with Crippen molar-refractivity contribution in [3.05, 3.63) is 51.9 Å². The zero-order valence-corrected chi connectivity index (χ0v) is 13.8. The highest BCUT2D eigenvalue weighted by Gasteiger charge is 2.16. The van der Waals surface area contributed by atoms with Crippen LogP contribution in [0.2, 0.25) is 0 Å². The Labute approximate surface area is 132 Å².